The summed E-state index contributed by atoms with van der Waals surface area (Å²) in [6, 6.07) is 7.22. The monoisotopic (exact) mass is 259 g/mol. The molecule has 3 rings (SSSR count). The summed E-state index contributed by atoms with van der Waals surface area (Å²) in [5.41, 5.74) is 2.95. The minimum atomic E-state index is 0.717. The molecule has 0 radical (unpaired) electrons. The van der Waals surface area contributed by atoms with Crippen LogP contribution in [0.2, 0.25) is 0 Å². The molecule has 0 spiro atoms. The van der Waals surface area contributed by atoms with E-state index in [9.17, 15) is 0 Å². The molecule has 1 aromatic carbocycles. The summed E-state index contributed by atoms with van der Waals surface area (Å²) in [5, 5.41) is 0. The quantitative estimate of drug-likeness (QED) is 0.804. The Morgan fingerprint density at radius 3 is 2.79 bits per heavy atom. The van der Waals surface area contributed by atoms with Gasteiger partial charge in [0, 0.05) is 12.6 Å². The van der Waals surface area contributed by atoms with Crippen molar-refractivity contribution >= 4 is 0 Å². The van der Waals surface area contributed by atoms with Crippen molar-refractivity contribution < 1.29 is 4.74 Å². The number of likely N-dealkylation sites (N-methyl/N-ethyl adjacent to an activating group) is 1. The van der Waals surface area contributed by atoms with Gasteiger partial charge in [0.25, 0.3) is 0 Å². The zero-order chi connectivity index (χ0) is 13.2. The second kappa shape index (κ2) is 5.54. The number of aryl methyl sites for hydroxylation is 1. The van der Waals surface area contributed by atoms with Gasteiger partial charge in [0.05, 0.1) is 7.11 Å². The molecule has 2 heteroatoms. The SMILES string of the molecule is CCN(CC1CC1)C1CCc2cccc(OC)c2C1. The summed E-state index contributed by atoms with van der Waals surface area (Å²) >= 11 is 0. The third-order valence-corrected chi connectivity index (χ3v) is 4.75. The summed E-state index contributed by atoms with van der Waals surface area (Å²) in [7, 11) is 1.79. The average Bonchev–Trinajstić information content (AvgIpc) is 3.27. The molecule has 0 heterocycles. The molecule has 104 valence electrons. The van der Waals surface area contributed by atoms with Crippen molar-refractivity contribution in [1.29, 1.82) is 0 Å². The summed E-state index contributed by atoms with van der Waals surface area (Å²) in [6.07, 6.45) is 6.57. The molecule has 1 saturated carbocycles. The van der Waals surface area contributed by atoms with E-state index >= 15 is 0 Å². The van der Waals surface area contributed by atoms with E-state index < -0.39 is 0 Å². The largest absolute Gasteiger partial charge is 0.496 e. The summed E-state index contributed by atoms with van der Waals surface area (Å²) in [5.74, 6) is 2.07. The lowest BCUT2D eigenvalue weighted by Gasteiger charge is -2.35. The minimum Gasteiger partial charge on any atom is -0.496 e. The van der Waals surface area contributed by atoms with Gasteiger partial charge in [-0.05, 0) is 61.8 Å². The first kappa shape index (κ1) is 13.0. The third kappa shape index (κ3) is 2.79. The lowest BCUT2D eigenvalue weighted by Crippen LogP contribution is -2.40. The van der Waals surface area contributed by atoms with Gasteiger partial charge in [0.2, 0.25) is 0 Å². The van der Waals surface area contributed by atoms with Crippen molar-refractivity contribution in [3.05, 3.63) is 29.3 Å². The van der Waals surface area contributed by atoms with Crippen LogP contribution < -0.4 is 4.74 Å². The van der Waals surface area contributed by atoms with Crippen LogP contribution >= 0.6 is 0 Å². The van der Waals surface area contributed by atoms with Gasteiger partial charge in [-0.2, -0.15) is 0 Å². The minimum absolute atomic E-state index is 0.717. The maximum absolute atomic E-state index is 5.55. The number of hydrogen-bond donors (Lipinski definition) is 0. The van der Waals surface area contributed by atoms with E-state index in [1.165, 1.54) is 56.3 Å². The van der Waals surface area contributed by atoms with Gasteiger partial charge < -0.3 is 9.64 Å². The van der Waals surface area contributed by atoms with Gasteiger partial charge in [-0.15, -0.1) is 0 Å². The van der Waals surface area contributed by atoms with E-state index in [1.54, 1.807) is 7.11 Å². The highest BCUT2D eigenvalue weighted by molar-refractivity contribution is 5.42. The van der Waals surface area contributed by atoms with Gasteiger partial charge in [-0.1, -0.05) is 19.1 Å². The number of methoxy groups -OCH3 is 1. The standard InChI is InChI=1S/C17H25NO/c1-3-18(12-13-7-8-13)15-10-9-14-5-4-6-17(19-2)16(14)11-15/h4-6,13,15H,3,7-12H2,1-2H3. The fourth-order valence-electron chi connectivity index (χ4n) is 3.41. The van der Waals surface area contributed by atoms with Crippen LogP contribution in [0.15, 0.2) is 18.2 Å². The highest BCUT2D eigenvalue weighted by Gasteiger charge is 2.30. The van der Waals surface area contributed by atoms with Crippen molar-refractivity contribution in [3.8, 4) is 5.75 Å². The predicted molar refractivity (Wildman–Crippen MR) is 78.8 cm³/mol. The molecule has 1 aromatic rings. The van der Waals surface area contributed by atoms with Crippen molar-refractivity contribution in [2.75, 3.05) is 20.2 Å². The van der Waals surface area contributed by atoms with Gasteiger partial charge in [0.1, 0.15) is 5.75 Å². The highest BCUT2D eigenvalue weighted by Crippen LogP contribution is 2.34. The Labute approximate surface area is 116 Å². The molecule has 2 aliphatic carbocycles. The topological polar surface area (TPSA) is 12.5 Å². The number of nitrogens with zero attached hydrogens (tertiary/aromatic N) is 1. The zero-order valence-corrected chi connectivity index (χ0v) is 12.2. The summed E-state index contributed by atoms with van der Waals surface area (Å²) < 4.78 is 5.55. The van der Waals surface area contributed by atoms with Crippen LogP contribution in [0.3, 0.4) is 0 Å². The molecular weight excluding hydrogens is 234 g/mol. The molecule has 19 heavy (non-hydrogen) atoms. The molecule has 2 aliphatic rings. The van der Waals surface area contributed by atoms with E-state index in [4.69, 9.17) is 4.74 Å². The number of rotatable bonds is 5. The van der Waals surface area contributed by atoms with Crippen LogP contribution in [-0.2, 0) is 12.8 Å². The summed E-state index contributed by atoms with van der Waals surface area (Å²) in [6.45, 7) is 4.80. The Kier molecular flexibility index (Phi) is 3.79. The number of ether oxygens (including phenoxy) is 1. The van der Waals surface area contributed by atoms with Crippen molar-refractivity contribution in [3.63, 3.8) is 0 Å². The van der Waals surface area contributed by atoms with Crippen LogP contribution in [-0.4, -0.2) is 31.1 Å². The average molecular weight is 259 g/mol. The Balaban J connectivity index is 1.75. The molecule has 1 fully saturated rings. The van der Waals surface area contributed by atoms with Crippen LogP contribution in [0.25, 0.3) is 0 Å². The molecule has 0 saturated heterocycles. The Morgan fingerprint density at radius 1 is 1.26 bits per heavy atom. The van der Waals surface area contributed by atoms with Gasteiger partial charge >= 0.3 is 0 Å². The molecule has 0 aromatic heterocycles. The van der Waals surface area contributed by atoms with Crippen LogP contribution in [0.4, 0.5) is 0 Å². The Morgan fingerprint density at radius 2 is 2.11 bits per heavy atom. The van der Waals surface area contributed by atoms with Crippen LogP contribution in [0.1, 0.15) is 37.3 Å². The first-order valence-corrected chi connectivity index (χ1v) is 7.70. The highest BCUT2D eigenvalue weighted by atomic mass is 16.5. The Bertz CT molecular complexity index is 425. The molecule has 0 amide bonds. The number of benzene rings is 1. The van der Waals surface area contributed by atoms with Gasteiger partial charge in [-0.3, -0.25) is 0 Å². The molecule has 0 N–H and O–H groups in total. The Hall–Kier alpha value is -1.02. The zero-order valence-electron chi connectivity index (χ0n) is 12.2. The molecule has 1 atom stereocenters. The maximum Gasteiger partial charge on any atom is 0.122 e. The second-order valence-corrected chi connectivity index (χ2v) is 6.03. The van der Waals surface area contributed by atoms with E-state index in [1.807, 2.05) is 0 Å². The summed E-state index contributed by atoms with van der Waals surface area (Å²) in [4.78, 5) is 2.70. The normalized spacial score (nSPS) is 22.4. The van der Waals surface area contributed by atoms with E-state index in [0.717, 1.165) is 17.7 Å². The smallest absolute Gasteiger partial charge is 0.122 e. The maximum atomic E-state index is 5.55. The number of fused-ring (bicyclic) bond motifs is 1. The molecular formula is C17H25NO. The van der Waals surface area contributed by atoms with Crippen LogP contribution in [0, 0.1) is 5.92 Å². The lowest BCUT2D eigenvalue weighted by atomic mass is 9.86. The molecule has 0 aliphatic heterocycles. The van der Waals surface area contributed by atoms with Gasteiger partial charge in [0.15, 0.2) is 0 Å². The van der Waals surface area contributed by atoms with Gasteiger partial charge in [-0.25, -0.2) is 0 Å². The van der Waals surface area contributed by atoms with E-state index in [-0.39, 0.29) is 0 Å². The number of hydrogen-bond acceptors (Lipinski definition) is 2. The second-order valence-electron chi connectivity index (χ2n) is 6.03. The van der Waals surface area contributed by atoms with Crippen molar-refractivity contribution in [1.82, 2.24) is 4.90 Å². The van der Waals surface area contributed by atoms with Crippen molar-refractivity contribution in [2.24, 2.45) is 5.92 Å². The molecule has 2 nitrogen and oxygen atoms in total. The van der Waals surface area contributed by atoms with Crippen molar-refractivity contribution in [2.45, 2.75) is 45.1 Å². The fourth-order valence-corrected chi connectivity index (χ4v) is 3.41. The third-order valence-electron chi connectivity index (χ3n) is 4.75. The first-order chi connectivity index (χ1) is 9.31. The van der Waals surface area contributed by atoms with E-state index in [2.05, 4.69) is 30.0 Å². The fraction of sp³-hybridized carbons (Fsp3) is 0.647. The molecule has 1 unspecified atom stereocenters. The van der Waals surface area contributed by atoms with E-state index in [0.29, 0.717) is 0 Å². The van der Waals surface area contributed by atoms with Crippen LogP contribution in [0.5, 0.6) is 5.75 Å². The lowest BCUT2D eigenvalue weighted by molar-refractivity contribution is 0.180. The molecule has 0 bridgehead atoms. The predicted octanol–water partition coefficient (Wildman–Crippen LogP) is 3.28. The first-order valence-electron chi connectivity index (χ1n) is 7.70.